The van der Waals surface area contributed by atoms with E-state index in [1.165, 1.54) is 10.5 Å². The number of morpholine rings is 1. The van der Waals surface area contributed by atoms with Gasteiger partial charge in [0.15, 0.2) is 0 Å². The van der Waals surface area contributed by atoms with E-state index in [4.69, 9.17) is 4.74 Å². The van der Waals surface area contributed by atoms with Crippen LogP contribution in [0.15, 0.2) is 53.6 Å². The van der Waals surface area contributed by atoms with Gasteiger partial charge in [0, 0.05) is 51.4 Å². The van der Waals surface area contributed by atoms with E-state index in [1.807, 2.05) is 42.2 Å². The van der Waals surface area contributed by atoms with Gasteiger partial charge in [-0.15, -0.1) is 0 Å². The smallest absolute Gasteiger partial charge is 0.244 e. The molecule has 4 rings (SSSR count). The number of amides is 1. The molecule has 0 bridgehead atoms. The lowest BCUT2D eigenvalue weighted by Crippen LogP contribution is -2.44. The molecule has 9 heteroatoms. The Kier molecular flexibility index (Phi) is 7.62. The summed E-state index contributed by atoms with van der Waals surface area (Å²) in [6.07, 6.45) is 2.50. The largest absolute Gasteiger partial charge is 0.378 e. The summed E-state index contributed by atoms with van der Waals surface area (Å²) in [5, 5.41) is 0. The van der Waals surface area contributed by atoms with E-state index in [-0.39, 0.29) is 16.7 Å². The summed E-state index contributed by atoms with van der Waals surface area (Å²) < 4.78 is 33.1. The van der Waals surface area contributed by atoms with Gasteiger partial charge in [-0.1, -0.05) is 30.3 Å². The number of rotatable bonds is 7. The summed E-state index contributed by atoms with van der Waals surface area (Å²) in [6, 6.07) is 13.3. The van der Waals surface area contributed by atoms with Crippen molar-refractivity contribution in [1.29, 1.82) is 0 Å². The monoisotopic (exact) mass is 472 g/mol. The number of carbonyl (C=O) groups excluding carboxylic acids is 1. The second-order valence-corrected chi connectivity index (χ2v) is 10.4. The van der Waals surface area contributed by atoms with E-state index in [9.17, 15) is 13.2 Å². The Labute approximate surface area is 196 Å². The second kappa shape index (κ2) is 10.6. The SMILES string of the molecule is CCN(Cc1ccccc1)C(=O)C1CCN(S(=O)(=O)c2ccc(N3CCOCC3)nc2)CC1. The van der Waals surface area contributed by atoms with Gasteiger partial charge in [-0.05, 0) is 37.5 Å². The van der Waals surface area contributed by atoms with Gasteiger partial charge in [0.05, 0.1) is 13.2 Å². The molecule has 1 aromatic heterocycles. The molecule has 8 nitrogen and oxygen atoms in total. The van der Waals surface area contributed by atoms with Crippen LogP contribution in [0, 0.1) is 5.92 Å². The number of hydrogen-bond acceptors (Lipinski definition) is 6. The Morgan fingerprint density at radius 1 is 1.06 bits per heavy atom. The van der Waals surface area contributed by atoms with Gasteiger partial charge in [-0.25, -0.2) is 13.4 Å². The highest BCUT2D eigenvalue weighted by Crippen LogP contribution is 2.26. The zero-order valence-electron chi connectivity index (χ0n) is 19.1. The van der Waals surface area contributed by atoms with E-state index in [0.29, 0.717) is 52.2 Å². The molecule has 0 saturated carbocycles. The minimum Gasteiger partial charge on any atom is -0.378 e. The van der Waals surface area contributed by atoms with Crippen LogP contribution in [0.3, 0.4) is 0 Å². The quantitative estimate of drug-likeness (QED) is 0.615. The van der Waals surface area contributed by atoms with E-state index in [0.717, 1.165) is 24.5 Å². The van der Waals surface area contributed by atoms with Crippen LogP contribution < -0.4 is 4.90 Å². The van der Waals surface area contributed by atoms with Crippen LogP contribution >= 0.6 is 0 Å². The van der Waals surface area contributed by atoms with Crippen LogP contribution in [-0.2, 0) is 26.1 Å². The molecule has 0 radical (unpaired) electrons. The maximum absolute atomic E-state index is 13.1. The molecule has 2 aliphatic heterocycles. The fourth-order valence-electron chi connectivity index (χ4n) is 4.40. The van der Waals surface area contributed by atoms with Crippen molar-refractivity contribution in [3.63, 3.8) is 0 Å². The van der Waals surface area contributed by atoms with Gasteiger partial charge in [-0.3, -0.25) is 4.79 Å². The Morgan fingerprint density at radius 2 is 1.76 bits per heavy atom. The van der Waals surface area contributed by atoms with E-state index in [2.05, 4.69) is 9.88 Å². The first-order chi connectivity index (χ1) is 16.0. The third-order valence-electron chi connectivity index (χ3n) is 6.41. The summed E-state index contributed by atoms with van der Waals surface area (Å²) in [7, 11) is -3.63. The molecule has 0 atom stereocenters. The normalized spacial score (nSPS) is 18.3. The van der Waals surface area contributed by atoms with Crippen molar-refractivity contribution in [2.24, 2.45) is 5.92 Å². The number of sulfonamides is 1. The number of benzene rings is 1. The molecule has 0 aliphatic carbocycles. The Balaban J connectivity index is 1.35. The molecule has 1 amide bonds. The van der Waals surface area contributed by atoms with Gasteiger partial charge in [0.1, 0.15) is 10.7 Å². The predicted octanol–water partition coefficient (Wildman–Crippen LogP) is 2.37. The molecule has 33 heavy (non-hydrogen) atoms. The summed E-state index contributed by atoms with van der Waals surface area (Å²) in [5.41, 5.74) is 1.10. The van der Waals surface area contributed by atoms with Crippen molar-refractivity contribution in [3.05, 3.63) is 54.2 Å². The Bertz CT molecular complexity index is 1020. The second-order valence-electron chi connectivity index (χ2n) is 8.47. The molecule has 2 saturated heterocycles. The number of anilines is 1. The summed E-state index contributed by atoms with van der Waals surface area (Å²) in [6.45, 7) is 6.67. The van der Waals surface area contributed by atoms with E-state index in [1.54, 1.807) is 12.1 Å². The van der Waals surface area contributed by atoms with Crippen LogP contribution in [0.25, 0.3) is 0 Å². The average Bonchev–Trinajstić information content (AvgIpc) is 2.88. The molecule has 178 valence electrons. The van der Waals surface area contributed by atoms with Gasteiger partial charge in [0.25, 0.3) is 0 Å². The number of hydrogen-bond donors (Lipinski definition) is 0. The Morgan fingerprint density at radius 3 is 2.36 bits per heavy atom. The van der Waals surface area contributed by atoms with Gasteiger partial charge in [-0.2, -0.15) is 4.31 Å². The van der Waals surface area contributed by atoms with Crippen LogP contribution in [0.5, 0.6) is 0 Å². The lowest BCUT2D eigenvalue weighted by atomic mass is 9.96. The molecule has 3 heterocycles. The minimum atomic E-state index is -3.63. The zero-order valence-corrected chi connectivity index (χ0v) is 19.9. The van der Waals surface area contributed by atoms with Crippen LogP contribution in [0.4, 0.5) is 5.82 Å². The first-order valence-corrected chi connectivity index (χ1v) is 13.0. The third kappa shape index (κ3) is 5.54. The minimum absolute atomic E-state index is 0.106. The average molecular weight is 473 g/mol. The number of piperidine rings is 1. The number of ether oxygens (including phenoxy) is 1. The molecule has 2 aliphatic rings. The lowest BCUT2D eigenvalue weighted by Gasteiger charge is -2.33. The fraction of sp³-hybridized carbons (Fsp3) is 0.500. The summed E-state index contributed by atoms with van der Waals surface area (Å²) in [4.78, 5) is 21.6. The number of nitrogens with zero attached hydrogens (tertiary/aromatic N) is 4. The summed E-state index contributed by atoms with van der Waals surface area (Å²) >= 11 is 0. The standard InChI is InChI=1S/C24H32N4O4S/c1-2-26(19-20-6-4-3-5-7-20)24(29)21-10-12-28(13-11-21)33(30,31)22-8-9-23(25-18-22)27-14-16-32-17-15-27/h3-9,18,21H,2,10-17,19H2,1H3. The summed E-state index contributed by atoms with van der Waals surface area (Å²) in [5.74, 6) is 0.719. The molecule has 2 aromatic rings. The molecular weight excluding hydrogens is 440 g/mol. The van der Waals surface area contributed by atoms with Gasteiger partial charge < -0.3 is 14.5 Å². The highest BCUT2D eigenvalue weighted by molar-refractivity contribution is 7.89. The Hall–Kier alpha value is -2.49. The number of pyridine rings is 1. The molecular formula is C24H32N4O4S. The molecule has 1 aromatic carbocycles. The van der Waals surface area contributed by atoms with E-state index < -0.39 is 10.0 Å². The zero-order chi connectivity index (χ0) is 23.3. The highest BCUT2D eigenvalue weighted by Gasteiger charge is 2.34. The van der Waals surface area contributed by atoms with Crippen molar-refractivity contribution in [1.82, 2.24) is 14.2 Å². The van der Waals surface area contributed by atoms with Crippen molar-refractivity contribution in [3.8, 4) is 0 Å². The fourth-order valence-corrected chi connectivity index (χ4v) is 5.82. The molecule has 0 spiro atoms. The maximum Gasteiger partial charge on any atom is 0.244 e. The number of carbonyl (C=O) groups is 1. The molecule has 0 N–H and O–H groups in total. The van der Waals surface area contributed by atoms with Crippen LogP contribution in [0.1, 0.15) is 25.3 Å². The van der Waals surface area contributed by atoms with Crippen molar-refractivity contribution in [2.75, 3.05) is 50.8 Å². The molecule has 0 unspecified atom stereocenters. The maximum atomic E-state index is 13.1. The van der Waals surface area contributed by atoms with Crippen molar-refractivity contribution >= 4 is 21.7 Å². The molecule has 2 fully saturated rings. The van der Waals surface area contributed by atoms with E-state index >= 15 is 0 Å². The van der Waals surface area contributed by atoms with Crippen LogP contribution in [-0.4, -0.2) is 74.5 Å². The first kappa shape index (κ1) is 23.7. The predicted molar refractivity (Wildman–Crippen MR) is 126 cm³/mol. The third-order valence-corrected chi connectivity index (χ3v) is 8.29. The first-order valence-electron chi connectivity index (χ1n) is 11.6. The number of aromatic nitrogens is 1. The van der Waals surface area contributed by atoms with Crippen molar-refractivity contribution < 1.29 is 17.9 Å². The van der Waals surface area contributed by atoms with Gasteiger partial charge >= 0.3 is 0 Å². The highest BCUT2D eigenvalue weighted by atomic mass is 32.2. The van der Waals surface area contributed by atoms with Crippen LogP contribution in [0.2, 0.25) is 0 Å². The lowest BCUT2D eigenvalue weighted by molar-refractivity contribution is -0.137. The van der Waals surface area contributed by atoms with Gasteiger partial charge in [0.2, 0.25) is 15.9 Å². The topological polar surface area (TPSA) is 83.1 Å². The van der Waals surface area contributed by atoms with Crippen molar-refractivity contribution in [2.45, 2.75) is 31.2 Å².